The summed E-state index contributed by atoms with van der Waals surface area (Å²) in [4.78, 5) is 39.4. The standard InChI is InChI=1S/C15H25N3O3/c1-10(2)13(16-11(3)19)15(21)18-8-6-17(7-9-18)14(20)12-4-5-12/h10,12-13H,4-9H2,1-3H3,(H,16,19)/t13-/m1/s1. The van der Waals surface area contributed by atoms with Crippen molar-refractivity contribution in [2.75, 3.05) is 26.2 Å². The summed E-state index contributed by atoms with van der Waals surface area (Å²) in [6.07, 6.45) is 2.02. The Morgan fingerprint density at radius 1 is 1.00 bits per heavy atom. The number of nitrogens with zero attached hydrogens (tertiary/aromatic N) is 2. The molecule has 0 radical (unpaired) electrons. The molecule has 0 aromatic carbocycles. The van der Waals surface area contributed by atoms with Crippen LogP contribution in [0.1, 0.15) is 33.6 Å². The summed E-state index contributed by atoms with van der Waals surface area (Å²) in [7, 11) is 0. The number of rotatable bonds is 4. The Hall–Kier alpha value is -1.59. The van der Waals surface area contributed by atoms with Gasteiger partial charge in [0.05, 0.1) is 0 Å². The highest BCUT2D eigenvalue weighted by atomic mass is 16.2. The van der Waals surface area contributed by atoms with Crippen molar-refractivity contribution in [3.05, 3.63) is 0 Å². The molecule has 2 rings (SSSR count). The molecule has 0 aromatic rings. The van der Waals surface area contributed by atoms with Crippen LogP contribution in [0, 0.1) is 11.8 Å². The third-order valence-electron chi connectivity index (χ3n) is 4.12. The van der Waals surface area contributed by atoms with Crippen LogP contribution >= 0.6 is 0 Å². The molecular formula is C15H25N3O3. The normalized spacial score (nSPS) is 20.4. The molecular weight excluding hydrogens is 270 g/mol. The maximum absolute atomic E-state index is 12.5. The number of nitrogens with one attached hydrogen (secondary N) is 1. The second-order valence-corrected chi connectivity index (χ2v) is 6.35. The fourth-order valence-electron chi connectivity index (χ4n) is 2.66. The molecule has 0 spiro atoms. The van der Waals surface area contributed by atoms with Crippen LogP contribution in [0.15, 0.2) is 0 Å². The van der Waals surface area contributed by atoms with Crippen molar-refractivity contribution < 1.29 is 14.4 Å². The van der Waals surface area contributed by atoms with Crippen LogP contribution in [-0.2, 0) is 14.4 Å². The number of piperazine rings is 1. The van der Waals surface area contributed by atoms with Gasteiger partial charge in [-0.05, 0) is 18.8 Å². The SMILES string of the molecule is CC(=O)N[C@@H](C(=O)N1CCN(C(=O)C2CC2)CC1)C(C)C. The van der Waals surface area contributed by atoms with Gasteiger partial charge in [0.2, 0.25) is 17.7 Å². The van der Waals surface area contributed by atoms with E-state index in [0.29, 0.717) is 26.2 Å². The Labute approximate surface area is 125 Å². The molecule has 0 aromatic heterocycles. The van der Waals surface area contributed by atoms with Crippen LogP contribution in [0.25, 0.3) is 0 Å². The second-order valence-electron chi connectivity index (χ2n) is 6.35. The Balaban J connectivity index is 1.88. The second kappa shape index (κ2) is 6.45. The third kappa shape index (κ3) is 3.95. The van der Waals surface area contributed by atoms with Gasteiger partial charge in [-0.2, -0.15) is 0 Å². The molecule has 2 aliphatic rings. The van der Waals surface area contributed by atoms with Crippen LogP contribution in [0.2, 0.25) is 0 Å². The van der Waals surface area contributed by atoms with Gasteiger partial charge in [0, 0.05) is 39.0 Å². The first-order chi connectivity index (χ1) is 9.90. The number of hydrogen-bond acceptors (Lipinski definition) is 3. The zero-order chi connectivity index (χ0) is 15.6. The van der Waals surface area contributed by atoms with Gasteiger partial charge in [0.15, 0.2) is 0 Å². The fourth-order valence-corrected chi connectivity index (χ4v) is 2.66. The molecule has 6 nitrogen and oxygen atoms in total. The first-order valence-corrected chi connectivity index (χ1v) is 7.75. The van der Waals surface area contributed by atoms with Gasteiger partial charge in [-0.15, -0.1) is 0 Å². The lowest BCUT2D eigenvalue weighted by molar-refractivity contribution is -0.143. The molecule has 1 saturated carbocycles. The van der Waals surface area contributed by atoms with Crippen molar-refractivity contribution >= 4 is 17.7 Å². The molecule has 2 fully saturated rings. The summed E-state index contributed by atoms with van der Waals surface area (Å²) in [5, 5.41) is 2.73. The minimum Gasteiger partial charge on any atom is -0.344 e. The smallest absolute Gasteiger partial charge is 0.245 e. The minimum absolute atomic E-state index is 0.0429. The fraction of sp³-hybridized carbons (Fsp3) is 0.800. The number of carbonyl (C=O) groups is 3. The van der Waals surface area contributed by atoms with Crippen molar-refractivity contribution in [3.8, 4) is 0 Å². The van der Waals surface area contributed by atoms with E-state index in [1.165, 1.54) is 6.92 Å². The zero-order valence-electron chi connectivity index (χ0n) is 13.1. The molecule has 1 atom stereocenters. The third-order valence-corrected chi connectivity index (χ3v) is 4.12. The van der Waals surface area contributed by atoms with Gasteiger partial charge in [-0.3, -0.25) is 14.4 Å². The van der Waals surface area contributed by atoms with Crippen molar-refractivity contribution in [1.29, 1.82) is 0 Å². The molecule has 1 aliphatic heterocycles. The van der Waals surface area contributed by atoms with E-state index in [0.717, 1.165) is 12.8 Å². The molecule has 0 bridgehead atoms. The van der Waals surface area contributed by atoms with E-state index in [4.69, 9.17) is 0 Å². The Bertz CT molecular complexity index is 424. The summed E-state index contributed by atoms with van der Waals surface area (Å²) in [5.74, 6) is 0.287. The zero-order valence-corrected chi connectivity index (χ0v) is 13.1. The number of hydrogen-bond donors (Lipinski definition) is 1. The van der Waals surface area contributed by atoms with Crippen LogP contribution < -0.4 is 5.32 Å². The van der Waals surface area contributed by atoms with Crippen molar-refractivity contribution in [1.82, 2.24) is 15.1 Å². The van der Waals surface area contributed by atoms with E-state index >= 15 is 0 Å². The topological polar surface area (TPSA) is 69.7 Å². The Morgan fingerprint density at radius 2 is 1.52 bits per heavy atom. The van der Waals surface area contributed by atoms with Crippen LogP contribution in [0.5, 0.6) is 0 Å². The maximum atomic E-state index is 12.5. The molecule has 1 N–H and O–H groups in total. The minimum atomic E-state index is -0.479. The van der Waals surface area contributed by atoms with E-state index in [9.17, 15) is 14.4 Å². The van der Waals surface area contributed by atoms with Gasteiger partial charge in [-0.1, -0.05) is 13.8 Å². The highest BCUT2D eigenvalue weighted by Gasteiger charge is 2.36. The first kappa shape index (κ1) is 15.8. The van der Waals surface area contributed by atoms with Gasteiger partial charge in [0.25, 0.3) is 0 Å². The Morgan fingerprint density at radius 3 is 1.95 bits per heavy atom. The monoisotopic (exact) mass is 295 g/mol. The van der Waals surface area contributed by atoms with Crippen molar-refractivity contribution in [3.63, 3.8) is 0 Å². The molecule has 1 saturated heterocycles. The van der Waals surface area contributed by atoms with Crippen molar-refractivity contribution in [2.24, 2.45) is 11.8 Å². The lowest BCUT2D eigenvalue weighted by atomic mass is 10.0. The highest BCUT2D eigenvalue weighted by Crippen LogP contribution is 2.31. The molecule has 118 valence electrons. The van der Waals surface area contributed by atoms with E-state index in [-0.39, 0.29) is 29.6 Å². The van der Waals surface area contributed by atoms with E-state index in [1.54, 1.807) is 4.90 Å². The summed E-state index contributed by atoms with van der Waals surface area (Å²) in [5.41, 5.74) is 0. The molecule has 3 amide bonds. The molecule has 1 heterocycles. The van der Waals surface area contributed by atoms with Crippen molar-refractivity contribution in [2.45, 2.75) is 39.7 Å². The Kier molecular flexibility index (Phi) is 4.85. The lowest BCUT2D eigenvalue weighted by Crippen LogP contribution is -2.57. The molecule has 1 aliphatic carbocycles. The van der Waals surface area contributed by atoms with E-state index < -0.39 is 6.04 Å². The predicted molar refractivity (Wildman–Crippen MR) is 78.3 cm³/mol. The highest BCUT2D eigenvalue weighted by molar-refractivity contribution is 5.87. The van der Waals surface area contributed by atoms with Gasteiger partial charge in [0.1, 0.15) is 6.04 Å². The average Bonchev–Trinajstić information content (AvgIpc) is 3.27. The summed E-state index contributed by atoms with van der Waals surface area (Å²) < 4.78 is 0. The van der Waals surface area contributed by atoms with E-state index in [2.05, 4.69) is 5.32 Å². The van der Waals surface area contributed by atoms with E-state index in [1.807, 2.05) is 18.7 Å². The van der Waals surface area contributed by atoms with Gasteiger partial charge < -0.3 is 15.1 Å². The first-order valence-electron chi connectivity index (χ1n) is 7.75. The predicted octanol–water partition coefficient (Wildman–Crippen LogP) is 0.228. The molecule has 21 heavy (non-hydrogen) atoms. The summed E-state index contributed by atoms with van der Waals surface area (Å²) in [6, 6.07) is -0.479. The summed E-state index contributed by atoms with van der Waals surface area (Å²) in [6.45, 7) is 7.59. The summed E-state index contributed by atoms with van der Waals surface area (Å²) >= 11 is 0. The number of carbonyl (C=O) groups excluding carboxylic acids is 3. The molecule has 0 unspecified atom stereocenters. The molecule has 6 heteroatoms. The largest absolute Gasteiger partial charge is 0.344 e. The average molecular weight is 295 g/mol. The van der Waals surface area contributed by atoms with Crippen LogP contribution in [-0.4, -0.2) is 59.7 Å². The van der Waals surface area contributed by atoms with Crippen LogP contribution in [0.3, 0.4) is 0 Å². The quantitative estimate of drug-likeness (QED) is 0.807. The lowest BCUT2D eigenvalue weighted by Gasteiger charge is -2.37. The van der Waals surface area contributed by atoms with Gasteiger partial charge in [-0.25, -0.2) is 0 Å². The van der Waals surface area contributed by atoms with Crippen LogP contribution in [0.4, 0.5) is 0 Å². The van der Waals surface area contributed by atoms with Gasteiger partial charge >= 0.3 is 0 Å². The number of amides is 3. The maximum Gasteiger partial charge on any atom is 0.245 e.